The molecule has 0 aromatic carbocycles. The van der Waals surface area contributed by atoms with Gasteiger partial charge in [0, 0.05) is 35.9 Å². The second-order valence-electron chi connectivity index (χ2n) is 12.9. The van der Waals surface area contributed by atoms with Gasteiger partial charge in [-0.15, -0.1) is 0 Å². The third kappa shape index (κ3) is 14.9. The SMILES string of the molecule is CC(=O)NC1C(OP(=O)(O)O)OC(CN=[N+]=[N-])C(O)C1O.CC(=O)NC1C(OP(=O)(O)OP(=O)(O)OC[C@H]2O[C@@H](n3ccc(=O)[nH]c3=O)C(O)[C@H]2O)OC(CN=[N+]=[N-])C(O)C1O. The highest BCUT2D eigenvalue weighted by Crippen LogP contribution is 2.61. The molecule has 3 saturated heterocycles. The molecule has 3 aliphatic rings. The Labute approximate surface area is 344 Å². The van der Waals surface area contributed by atoms with E-state index < -0.39 is 152 Å². The molecule has 34 nitrogen and oxygen atoms in total. The van der Waals surface area contributed by atoms with Crippen molar-refractivity contribution < 1.29 is 106 Å². The van der Waals surface area contributed by atoms with Gasteiger partial charge >= 0.3 is 29.2 Å². The molecule has 3 fully saturated rings. The Hall–Kier alpha value is -3.75. The number of phosphoric ester groups is 3. The van der Waals surface area contributed by atoms with Crippen molar-refractivity contribution in [3.8, 4) is 0 Å². The van der Waals surface area contributed by atoms with E-state index in [1.807, 2.05) is 4.98 Å². The first-order valence-corrected chi connectivity index (χ1v) is 21.6. The maximum absolute atomic E-state index is 12.5. The molecule has 0 spiro atoms. The lowest BCUT2D eigenvalue weighted by molar-refractivity contribution is -0.238. The van der Waals surface area contributed by atoms with Gasteiger partial charge in [-0.3, -0.25) is 37.5 Å². The third-order valence-electron chi connectivity index (χ3n) is 8.34. The molecule has 0 aliphatic carbocycles. The monoisotopic (exact) mass is 958 g/mol. The quantitative estimate of drug-likeness (QED) is 0.0319. The lowest BCUT2D eigenvalue weighted by Crippen LogP contribution is -2.64. The number of hydrogen-bond donors (Lipinski definition) is 13. The fourth-order valence-corrected chi connectivity index (χ4v) is 8.30. The van der Waals surface area contributed by atoms with Gasteiger partial charge in [-0.2, -0.15) is 4.31 Å². The molecule has 62 heavy (non-hydrogen) atoms. The molecule has 37 heteroatoms. The predicted molar refractivity (Wildman–Crippen MR) is 193 cm³/mol. The van der Waals surface area contributed by atoms with Gasteiger partial charge in [0.2, 0.25) is 11.8 Å². The van der Waals surface area contributed by atoms with Crippen LogP contribution >= 0.6 is 23.5 Å². The van der Waals surface area contributed by atoms with Crippen LogP contribution in [0.25, 0.3) is 20.9 Å². The van der Waals surface area contributed by atoms with E-state index in [4.69, 9.17) is 39.6 Å². The molecule has 0 radical (unpaired) electrons. The topological polar surface area (TPSA) is 529 Å². The molecule has 1 aromatic heterocycles. The summed E-state index contributed by atoms with van der Waals surface area (Å²) in [6.45, 7) is 0.0410. The van der Waals surface area contributed by atoms with Crippen LogP contribution in [0.1, 0.15) is 20.1 Å². The molecule has 13 N–H and O–H groups in total. The summed E-state index contributed by atoms with van der Waals surface area (Å²) in [5.41, 5.74) is 14.9. The van der Waals surface area contributed by atoms with Crippen LogP contribution in [0.5, 0.6) is 0 Å². The minimum atomic E-state index is -5.66. The second kappa shape index (κ2) is 22.2. The Morgan fingerprint density at radius 1 is 0.758 bits per heavy atom. The normalized spacial score (nSPS) is 34.1. The van der Waals surface area contributed by atoms with Gasteiger partial charge in [-0.1, -0.05) is 10.2 Å². The van der Waals surface area contributed by atoms with Crippen LogP contribution in [0, 0.1) is 0 Å². The first kappa shape index (κ1) is 52.6. The molecule has 4 rings (SSSR count). The van der Waals surface area contributed by atoms with Crippen molar-refractivity contribution in [2.75, 3.05) is 19.7 Å². The molecule has 16 atom stereocenters. The van der Waals surface area contributed by atoms with Gasteiger partial charge in [0.1, 0.15) is 54.8 Å². The maximum Gasteiger partial charge on any atom is 0.483 e. The van der Waals surface area contributed by atoms with Crippen LogP contribution in [-0.4, -0.2) is 171 Å². The number of aromatic amines is 1. The zero-order valence-electron chi connectivity index (χ0n) is 31.5. The molecule has 4 heterocycles. The van der Waals surface area contributed by atoms with Crippen molar-refractivity contribution in [3.63, 3.8) is 0 Å². The molecule has 2 amide bonds. The summed E-state index contributed by atoms with van der Waals surface area (Å²) >= 11 is 0. The Morgan fingerprint density at radius 2 is 1.23 bits per heavy atom. The van der Waals surface area contributed by atoms with Crippen molar-refractivity contribution >= 4 is 35.3 Å². The molecular formula is C25H41N10O24P3. The highest BCUT2D eigenvalue weighted by molar-refractivity contribution is 7.61. The second-order valence-corrected chi connectivity index (χ2v) is 17.1. The Bertz CT molecular complexity index is 2100. The Kier molecular flexibility index (Phi) is 18.9. The van der Waals surface area contributed by atoms with E-state index >= 15 is 0 Å². The van der Waals surface area contributed by atoms with Gasteiger partial charge in [0.05, 0.1) is 31.9 Å². The number of nitrogens with zero attached hydrogens (tertiary/aromatic N) is 7. The number of H-pyrrole nitrogens is 1. The van der Waals surface area contributed by atoms with Crippen LogP contribution in [0.2, 0.25) is 0 Å². The number of aromatic nitrogens is 2. The van der Waals surface area contributed by atoms with Crippen LogP contribution in [0.3, 0.4) is 0 Å². The summed E-state index contributed by atoms with van der Waals surface area (Å²) < 4.78 is 69.9. The average molecular weight is 959 g/mol. The lowest BCUT2D eigenvalue weighted by atomic mass is 9.97. The standard InChI is InChI=1S/C17H26N6O16P2.C8H15N4O8P/c1-6(24)20-10-13(28)11(26)7(4-19-22-18)37-16(10)38-41(33,34)39-40(31,32)35-5-8-12(27)14(29)15(36-8)23-3-2-9(25)21-17(23)30;1-3(13)11-5-7(15)6(14)4(2-10-12-9)19-8(5)20-21(16,17)18/h2-3,7-8,10-16,26-29H,4-5H2,1H3,(H,20,24)(H,31,32)(H,33,34)(H,21,25,30);4-8,14-15H,2H2,1H3,(H,11,13)(H2,16,17,18)/t7?,8-,10?,11?,12+,13?,14?,15-,16?;/m1./s1. The lowest BCUT2D eigenvalue weighted by Gasteiger charge is -2.42. The van der Waals surface area contributed by atoms with Crippen molar-refractivity contribution in [2.45, 2.75) is 99.7 Å². The number of nitrogens with one attached hydrogen (secondary N) is 3. The third-order valence-corrected chi connectivity index (χ3v) is 11.4. The van der Waals surface area contributed by atoms with Gasteiger partial charge < -0.3 is 75.1 Å². The first-order valence-electron chi connectivity index (χ1n) is 17.1. The number of amides is 2. The van der Waals surface area contributed by atoms with E-state index in [2.05, 4.69) is 44.0 Å². The Morgan fingerprint density at radius 3 is 1.66 bits per heavy atom. The summed E-state index contributed by atoms with van der Waals surface area (Å²) in [7, 11) is -16.2. The van der Waals surface area contributed by atoms with Crippen LogP contribution in [0.15, 0.2) is 32.1 Å². The number of aliphatic hydroxyl groups is 6. The molecule has 1 aromatic rings. The molecule has 3 aliphatic heterocycles. The van der Waals surface area contributed by atoms with E-state index in [-0.39, 0.29) is 0 Å². The van der Waals surface area contributed by atoms with E-state index in [0.717, 1.165) is 30.7 Å². The van der Waals surface area contributed by atoms with E-state index in [1.165, 1.54) is 0 Å². The van der Waals surface area contributed by atoms with Crippen LogP contribution < -0.4 is 21.9 Å². The number of carbonyl (C=O) groups is 2. The molecule has 0 saturated carbocycles. The summed E-state index contributed by atoms with van der Waals surface area (Å²) in [6.07, 6.45) is -19.3. The van der Waals surface area contributed by atoms with E-state index in [0.29, 0.717) is 0 Å². The summed E-state index contributed by atoms with van der Waals surface area (Å²) in [5, 5.41) is 71.2. The number of hydrogen-bond acceptors (Lipinski definition) is 22. The smallest absolute Gasteiger partial charge is 0.388 e. The number of carbonyl (C=O) groups excluding carboxylic acids is 2. The Balaban J connectivity index is 0.000000410. The molecule has 350 valence electrons. The molecular weight excluding hydrogens is 917 g/mol. The number of rotatable bonds is 16. The predicted octanol–water partition coefficient (Wildman–Crippen LogP) is -4.97. The van der Waals surface area contributed by atoms with Crippen LogP contribution in [-0.2, 0) is 55.4 Å². The number of aliphatic hydroxyl groups excluding tert-OH is 6. The molecule has 13 unspecified atom stereocenters. The number of azide groups is 2. The van der Waals surface area contributed by atoms with Crippen molar-refractivity contribution in [3.05, 3.63) is 54.0 Å². The van der Waals surface area contributed by atoms with E-state index in [1.54, 1.807) is 0 Å². The summed E-state index contributed by atoms with van der Waals surface area (Å²) in [5.74, 6) is -1.45. The van der Waals surface area contributed by atoms with Gasteiger partial charge in [-0.25, -0.2) is 18.5 Å². The summed E-state index contributed by atoms with van der Waals surface area (Å²) in [6, 6.07) is -2.20. The van der Waals surface area contributed by atoms with E-state index in [9.17, 15) is 73.3 Å². The highest BCUT2D eigenvalue weighted by atomic mass is 31.3. The average Bonchev–Trinajstić information content (AvgIpc) is 3.43. The largest absolute Gasteiger partial charge is 0.483 e. The number of ether oxygens (including phenoxy) is 3. The molecule has 0 bridgehead atoms. The minimum Gasteiger partial charge on any atom is -0.388 e. The zero-order valence-corrected chi connectivity index (χ0v) is 34.2. The van der Waals surface area contributed by atoms with Gasteiger partial charge in [-0.05, 0) is 11.1 Å². The van der Waals surface area contributed by atoms with Gasteiger partial charge in [0.15, 0.2) is 18.8 Å². The fraction of sp³-hybridized carbons (Fsp3) is 0.760. The maximum atomic E-state index is 12.5. The van der Waals surface area contributed by atoms with Crippen molar-refractivity contribution in [1.82, 2.24) is 20.2 Å². The van der Waals surface area contributed by atoms with Crippen molar-refractivity contribution in [1.29, 1.82) is 0 Å². The number of phosphoric acid groups is 3. The minimum absolute atomic E-state index is 0.400. The zero-order chi connectivity index (χ0) is 46.9. The summed E-state index contributed by atoms with van der Waals surface area (Å²) in [4.78, 5) is 90.3. The van der Waals surface area contributed by atoms with Crippen LogP contribution in [0.4, 0.5) is 0 Å². The fourth-order valence-electron chi connectivity index (χ4n) is 5.69. The highest BCUT2D eigenvalue weighted by Gasteiger charge is 2.51. The first-order chi connectivity index (χ1) is 28.7. The van der Waals surface area contributed by atoms with Crippen molar-refractivity contribution in [2.24, 2.45) is 10.2 Å². The van der Waals surface area contributed by atoms with Gasteiger partial charge in [0.25, 0.3) is 5.56 Å².